The third kappa shape index (κ3) is 1.47. The van der Waals surface area contributed by atoms with Gasteiger partial charge in [-0.1, -0.05) is 11.6 Å². The first kappa shape index (κ1) is 8.38. The van der Waals surface area contributed by atoms with Crippen LogP contribution in [0.5, 0.6) is 0 Å². The number of ketones is 1. The van der Waals surface area contributed by atoms with Crippen molar-refractivity contribution in [2.24, 2.45) is 0 Å². The lowest BCUT2D eigenvalue weighted by Gasteiger charge is -2.14. The molecular weight excluding hydrogens is 192 g/mol. The van der Waals surface area contributed by atoms with E-state index in [4.69, 9.17) is 20.8 Å². The molecular formula is C9H7ClO3. The van der Waals surface area contributed by atoms with Gasteiger partial charge in [0.1, 0.15) is 5.03 Å². The Morgan fingerprint density at radius 3 is 3.00 bits per heavy atom. The van der Waals surface area contributed by atoms with Crippen molar-refractivity contribution >= 4 is 23.1 Å². The van der Waals surface area contributed by atoms with Gasteiger partial charge in [0.25, 0.3) is 0 Å². The summed E-state index contributed by atoms with van der Waals surface area (Å²) in [5.74, 6) is 0.750. The van der Waals surface area contributed by atoms with Crippen molar-refractivity contribution in [3.05, 3.63) is 29.2 Å². The van der Waals surface area contributed by atoms with Crippen molar-refractivity contribution in [3.63, 3.8) is 0 Å². The standard InChI is InChI=1S/C9H7ClO3/c10-8-6(11)3-5-13-9(8)7-2-1-4-12-7/h1-2,4H,3,5H2. The molecule has 0 spiro atoms. The lowest BCUT2D eigenvalue weighted by molar-refractivity contribution is -0.116. The molecule has 0 fully saturated rings. The number of halogens is 1. The molecule has 0 radical (unpaired) electrons. The van der Waals surface area contributed by atoms with Crippen LogP contribution in [0.1, 0.15) is 12.2 Å². The maximum atomic E-state index is 11.2. The van der Waals surface area contributed by atoms with Crippen molar-refractivity contribution in [3.8, 4) is 0 Å². The Kier molecular flexibility index (Phi) is 2.10. The van der Waals surface area contributed by atoms with Gasteiger partial charge >= 0.3 is 0 Å². The van der Waals surface area contributed by atoms with Gasteiger partial charge in [0.2, 0.25) is 0 Å². The van der Waals surface area contributed by atoms with Crippen LogP contribution in [0.25, 0.3) is 5.76 Å². The highest BCUT2D eigenvalue weighted by molar-refractivity contribution is 6.45. The van der Waals surface area contributed by atoms with Crippen molar-refractivity contribution in [1.29, 1.82) is 0 Å². The van der Waals surface area contributed by atoms with Crippen LogP contribution >= 0.6 is 11.6 Å². The SMILES string of the molecule is O=C1CCOC(c2ccco2)=C1Cl. The van der Waals surface area contributed by atoms with E-state index < -0.39 is 0 Å². The van der Waals surface area contributed by atoms with Gasteiger partial charge in [0.05, 0.1) is 12.9 Å². The molecule has 1 aliphatic rings. The number of allylic oxidation sites excluding steroid dienone is 1. The molecule has 2 heterocycles. The molecule has 68 valence electrons. The summed E-state index contributed by atoms with van der Waals surface area (Å²) >= 11 is 5.77. The topological polar surface area (TPSA) is 39.4 Å². The van der Waals surface area contributed by atoms with E-state index in [1.165, 1.54) is 6.26 Å². The summed E-state index contributed by atoms with van der Waals surface area (Å²) in [6.07, 6.45) is 1.85. The predicted octanol–water partition coefficient (Wildman–Crippen LogP) is 2.18. The number of hydrogen-bond acceptors (Lipinski definition) is 3. The molecule has 0 saturated heterocycles. The number of carbonyl (C=O) groups is 1. The van der Waals surface area contributed by atoms with Gasteiger partial charge in [-0.05, 0) is 12.1 Å². The zero-order valence-electron chi connectivity index (χ0n) is 6.75. The van der Waals surface area contributed by atoms with Crippen LogP contribution < -0.4 is 0 Å². The molecule has 2 rings (SSSR count). The molecule has 0 aromatic carbocycles. The summed E-state index contributed by atoms with van der Waals surface area (Å²) in [4.78, 5) is 11.2. The van der Waals surface area contributed by atoms with Crippen molar-refractivity contribution in [2.75, 3.05) is 6.61 Å². The zero-order chi connectivity index (χ0) is 9.26. The first-order chi connectivity index (χ1) is 6.29. The maximum absolute atomic E-state index is 11.2. The fourth-order valence-corrected chi connectivity index (χ4v) is 1.37. The van der Waals surface area contributed by atoms with E-state index in [9.17, 15) is 4.79 Å². The highest BCUT2D eigenvalue weighted by Crippen LogP contribution is 2.28. The summed E-state index contributed by atoms with van der Waals surface area (Å²) < 4.78 is 10.3. The van der Waals surface area contributed by atoms with Gasteiger partial charge in [0.15, 0.2) is 17.3 Å². The fourth-order valence-electron chi connectivity index (χ4n) is 1.13. The van der Waals surface area contributed by atoms with E-state index in [-0.39, 0.29) is 10.8 Å². The minimum atomic E-state index is -0.0979. The summed E-state index contributed by atoms with van der Waals surface area (Å²) in [6, 6.07) is 3.42. The van der Waals surface area contributed by atoms with Crippen LogP contribution in [0, 0.1) is 0 Å². The lowest BCUT2D eigenvalue weighted by Crippen LogP contribution is -2.12. The number of furan rings is 1. The fraction of sp³-hybridized carbons (Fsp3) is 0.222. The summed E-state index contributed by atoms with van der Waals surface area (Å²) in [5.41, 5.74) is 0. The van der Waals surface area contributed by atoms with Crippen LogP contribution in [-0.4, -0.2) is 12.4 Å². The Labute approximate surface area is 79.9 Å². The van der Waals surface area contributed by atoms with Crippen molar-refractivity contribution < 1.29 is 13.9 Å². The molecule has 1 aromatic rings. The minimum absolute atomic E-state index is 0.0979. The van der Waals surface area contributed by atoms with Crippen molar-refractivity contribution in [2.45, 2.75) is 6.42 Å². The average Bonchev–Trinajstić information content (AvgIpc) is 2.62. The second-order valence-electron chi connectivity index (χ2n) is 2.64. The first-order valence-corrected chi connectivity index (χ1v) is 4.26. The molecule has 0 bridgehead atoms. The average molecular weight is 199 g/mol. The molecule has 0 N–H and O–H groups in total. The first-order valence-electron chi connectivity index (χ1n) is 3.88. The number of ether oxygens (including phenoxy) is 1. The van der Waals surface area contributed by atoms with E-state index >= 15 is 0 Å². The van der Waals surface area contributed by atoms with Crippen LogP contribution in [0.2, 0.25) is 0 Å². The third-order valence-electron chi connectivity index (χ3n) is 1.76. The Hall–Kier alpha value is -1.22. The molecule has 0 saturated carbocycles. The Balaban J connectivity index is 2.42. The Bertz CT molecular complexity index is 351. The smallest absolute Gasteiger partial charge is 0.184 e. The van der Waals surface area contributed by atoms with Gasteiger partial charge in [-0.2, -0.15) is 0 Å². The minimum Gasteiger partial charge on any atom is -0.488 e. The molecule has 1 aromatic heterocycles. The molecule has 0 amide bonds. The third-order valence-corrected chi connectivity index (χ3v) is 2.15. The molecule has 0 unspecified atom stereocenters. The second-order valence-corrected chi connectivity index (χ2v) is 3.02. The highest BCUT2D eigenvalue weighted by atomic mass is 35.5. The zero-order valence-corrected chi connectivity index (χ0v) is 7.50. The van der Waals surface area contributed by atoms with Crippen LogP contribution in [0.4, 0.5) is 0 Å². The number of hydrogen-bond donors (Lipinski definition) is 0. The normalized spacial score (nSPS) is 17.5. The monoisotopic (exact) mass is 198 g/mol. The van der Waals surface area contributed by atoms with Crippen LogP contribution in [0.3, 0.4) is 0 Å². The maximum Gasteiger partial charge on any atom is 0.184 e. The number of rotatable bonds is 1. The number of carbonyl (C=O) groups excluding carboxylic acids is 1. The second kappa shape index (κ2) is 3.26. The molecule has 0 atom stereocenters. The predicted molar refractivity (Wildman–Crippen MR) is 47.1 cm³/mol. The Morgan fingerprint density at radius 1 is 1.46 bits per heavy atom. The van der Waals surface area contributed by atoms with E-state index in [0.29, 0.717) is 24.5 Å². The van der Waals surface area contributed by atoms with Gasteiger partial charge in [-0.25, -0.2) is 0 Å². The quantitative estimate of drug-likeness (QED) is 0.694. The highest BCUT2D eigenvalue weighted by Gasteiger charge is 2.22. The molecule has 4 heteroatoms. The van der Waals surface area contributed by atoms with E-state index in [1.54, 1.807) is 12.1 Å². The van der Waals surface area contributed by atoms with Gasteiger partial charge in [-0.15, -0.1) is 0 Å². The summed E-state index contributed by atoms with van der Waals surface area (Å²) in [6.45, 7) is 0.366. The lowest BCUT2D eigenvalue weighted by atomic mass is 10.2. The molecule has 0 aliphatic carbocycles. The largest absolute Gasteiger partial charge is 0.488 e. The van der Waals surface area contributed by atoms with Gasteiger partial charge in [0, 0.05) is 6.42 Å². The van der Waals surface area contributed by atoms with E-state index in [0.717, 1.165) is 0 Å². The summed E-state index contributed by atoms with van der Waals surface area (Å²) in [7, 11) is 0. The molecule has 1 aliphatic heterocycles. The van der Waals surface area contributed by atoms with Gasteiger partial charge < -0.3 is 9.15 Å². The van der Waals surface area contributed by atoms with Crippen LogP contribution in [0.15, 0.2) is 27.8 Å². The van der Waals surface area contributed by atoms with Gasteiger partial charge in [-0.3, -0.25) is 4.79 Å². The Morgan fingerprint density at radius 2 is 2.31 bits per heavy atom. The van der Waals surface area contributed by atoms with E-state index in [1.807, 2.05) is 0 Å². The number of Topliss-reactive ketones (excluding diaryl/α,β-unsaturated/α-hetero) is 1. The molecule has 13 heavy (non-hydrogen) atoms. The van der Waals surface area contributed by atoms with E-state index in [2.05, 4.69) is 0 Å². The summed E-state index contributed by atoms with van der Waals surface area (Å²) in [5, 5.41) is 0.126. The van der Waals surface area contributed by atoms with Crippen LogP contribution in [-0.2, 0) is 9.53 Å². The molecule has 3 nitrogen and oxygen atoms in total. The van der Waals surface area contributed by atoms with Crippen molar-refractivity contribution in [1.82, 2.24) is 0 Å².